The zero-order valence-electron chi connectivity index (χ0n) is 13.0. The van der Waals surface area contributed by atoms with Crippen LogP contribution < -0.4 is 0 Å². The second-order valence-electron chi connectivity index (χ2n) is 5.22. The van der Waals surface area contributed by atoms with Gasteiger partial charge in [-0.05, 0) is 24.6 Å². The third kappa shape index (κ3) is 4.74. The Balaban J connectivity index is 2.19. The standard InChI is InChI=1S/C15H14Cl2F3NO3S/c1-2-24-14(23)12-6-25-7-21(12)13(22)5-9-10(16)3-8(4-11(9)17)15(18,19)20/h3-4,12H,2,5-7H2,1H3. The van der Waals surface area contributed by atoms with E-state index in [9.17, 15) is 22.8 Å². The Kier molecular flexibility index (Phi) is 6.51. The molecule has 1 saturated heterocycles. The third-order valence-corrected chi connectivity index (χ3v) is 5.24. The van der Waals surface area contributed by atoms with Gasteiger partial charge in [0.1, 0.15) is 6.04 Å². The van der Waals surface area contributed by atoms with Gasteiger partial charge in [0.25, 0.3) is 0 Å². The molecule has 0 bridgehead atoms. The topological polar surface area (TPSA) is 46.6 Å². The molecular formula is C15H14Cl2F3NO3S. The normalized spacial score (nSPS) is 17.7. The summed E-state index contributed by atoms with van der Waals surface area (Å²) in [5.41, 5.74) is -0.888. The molecule has 0 saturated carbocycles. The lowest BCUT2D eigenvalue weighted by molar-refractivity contribution is -0.152. The zero-order valence-corrected chi connectivity index (χ0v) is 15.4. The van der Waals surface area contributed by atoms with Gasteiger partial charge in [-0.15, -0.1) is 11.8 Å². The van der Waals surface area contributed by atoms with Crippen LogP contribution in [0, 0.1) is 0 Å². The highest BCUT2D eigenvalue weighted by atomic mass is 35.5. The summed E-state index contributed by atoms with van der Waals surface area (Å²) in [6.07, 6.45) is -4.89. The lowest BCUT2D eigenvalue weighted by Gasteiger charge is -2.23. The fourth-order valence-corrected chi connectivity index (χ4v) is 4.10. The quantitative estimate of drug-likeness (QED) is 0.696. The summed E-state index contributed by atoms with van der Waals surface area (Å²) in [7, 11) is 0. The number of amides is 1. The Morgan fingerprint density at radius 2 is 1.92 bits per heavy atom. The van der Waals surface area contributed by atoms with Gasteiger partial charge in [-0.2, -0.15) is 13.2 Å². The molecule has 1 aromatic carbocycles. The number of rotatable bonds is 4. The van der Waals surface area contributed by atoms with Crippen LogP contribution in [0.5, 0.6) is 0 Å². The molecule has 10 heteroatoms. The van der Waals surface area contributed by atoms with Crippen LogP contribution in [-0.2, 0) is 26.9 Å². The SMILES string of the molecule is CCOC(=O)C1CSCN1C(=O)Cc1c(Cl)cc(C(F)(F)F)cc1Cl. The third-order valence-electron chi connectivity index (χ3n) is 3.56. The fraction of sp³-hybridized carbons (Fsp3) is 0.467. The first-order valence-electron chi connectivity index (χ1n) is 7.24. The minimum absolute atomic E-state index is 0.0980. The number of halogens is 5. The van der Waals surface area contributed by atoms with Gasteiger partial charge in [0, 0.05) is 15.8 Å². The van der Waals surface area contributed by atoms with Gasteiger partial charge >= 0.3 is 12.1 Å². The number of carbonyl (C=O) groups excluding carboxylic acids is 2. The molecule has 0 radical (unpaired) electrons. The Hall–Kier alpha value is -1.12. The van der Waals surface area contributed by atoms with Crippen molar-refractivity contribution in [2.75, 3.05) is 18.2 Å². The van der Waals surface area contributed by atoms with Gasteiger partial charge in [0.2, 0.25) is 5.91 Å². The molecule has 2 rings (SSSR count). The molecule has 138 valence electrons. The highest BCUT2D eigenvalue weighted by Gasteiger charge is 2.36. The number of alkyl halides is 3. The molecule has 1 amide bonds. The number of hydrogen-bond donors (Lipinski definition) is 0. The van der Waals surface area contributed by atoms with E-state index in [2.05, 4.69) is 0 Å². The average molecular weight is 416 g/mol. The first-order chi connectivity index (χ1) is 11.6. The average Bonchev–Trinajstić information content (AvgIpc) is 2.99. The highest BCUT2D eigenvalue weighted by molar-refractivity contribution is 7.99. The fourth-order valence-electron chi connectivity index (χ4n) is 2.31. The van der Waals surface area contributed by atoms with E-state index in [1.54, 1.807) is 6.92 Å². The maximum atomic E-state index is 12.8. The minimum atomic E-state index is -4.59. The molecule has 0 aromatic heterocycles. The van der Waals surface area contributed by atoms with Crippen LogP contribution in [-0.4, -0.2) is 41.1 Å². The number of nitrogens with zero attached hydrogens (tertiary/aromatic N) is 1. The molecule has 25 heavy (non-hydrogen) atoms. The van der Waals surface area contributed by atoms with Crippen LogP contribution in [0.4, 0.5) is 13.2 Å². The molecule has 1 aliphatic heterocycles. The first-order valence-corrected chi connectivity index (χ1v) is 9.15. The number of carbonyl (C=O) groups is 2. The summed E-state index contributed by atoms with van der Waals surface area (Å²) in [5, 5.41) is -0.486. The van der Waals surface area contributed by atoms with Crippen LogP contribution in [0.1, 0.15) is 18.1 Å². The second-order valence-corrected chi connectivity index (χ2v) is 7.04. The van der Waals surface area contributed by atoms with E-state index in [1.165, 1.54) is 16.7 Å². The van der Waals surface area contributed by atoms with E-state index in [0.29, 0.717) is 5.75 Å². The molecule has 1 atom stereocenters. The first kappa shape index (κ1) is 20.2. The van der Waals surface area contributed by atoms with Crippen LogP contribution >= 0.6 is 35.0 Å². The molecule has 1 aliphatic rings. The van der Waals surface area contributed by atoms with Gasteiger partial charge < -0.3 is 9.64 Å². The van der Waals surface area contributed by atoms with Crippen molar-refractivity contribution in [2.24, 2.45) is 0 Å². The summed E-state index contributed by atoms with van der Waals surface area (Å²) in [6.45, 7) is 1.85. The number of ether oxygens (including phenoxy) is 1. The Labute approximate surface area is 156 Å². The van der Waals surface area contributed by atoms with E-state index >= 15 is 0 Å². The summed E-state index contributed by atoms with van der Waals surface area (Å²) in [4.78, 5) is 25.7. The largest absolute Gasteiger partial charge is 0.464 e. The highest BCUT2D eigenvalue weighted by Crippen LogP contribution is 2.36. The number of thioether (sulfide) groups is 1. The summed E-state index contributed by atoms with van der Waals surface area (Å²) in [5.74, 6) is -0.269. The van der Waals surface area contributed by atoms with Crippen LogP contribution in [0.3, 0.4) is 0 Å². The van der Waals surface area contributed by atoms with E-state index < -0.39 is 29.7 Å². The van der Waals surface area contributed by atoms with Crippen molar-refractivity contribution >= 4 is 46.8 Å². The van der Waals surface area contributed by atoms with E-state index in [0.717, 1.165) is 12.1 Å². The summed E-state index contributed by atoms with van der Waals surface area (Å²) >= 11 is 13.2. The Bertz CT molecular complexity index is 661. The van der Waals surface area contributed by atoms with Crippen LogP contribution in [0.25, 0.3) is 0 Å². The summed E-state index contributed by atoms with van der Waals surface area (Å²) < 4.78 is 43.2. The van der Waals surface area contributed by atoms with Crippen molar-refractivity contribution in [3.8, 4) is 0 Å². The zero-order chi connectivity index (χ0) is 18.8. The van der Waals surface area contributed by atoms with E-state index in [-0.39, 0.29) is 34.5 Å². The maximum absolute atomic E-state index is 12.8. The van der Waals surface area contributed by atoms with E-state index in [1.807, 2.05) is 0 Å². The van der Waals surface area contributed by atoms with Crippen molar-refractivity contribution in [2.45, 2.75) is 25.6 Å². The van der Waals surface area contributed by atoms with Crippen molar-refractivity contribution in [3.63, 3.8) is 0 Å². The van der Waals surface area contributed by atoms with Gasteiger partial charge in [0.05, 0.1) is 24.5 Å². The maximum Gasteiger partial charge on any atom is 0.416 e. The second kappa shape index (κ2) is 8.05. The molecule has 0 N–H and O–H groups in total. The molecular weight excluding hydrogens is 402 g/mol. The van der Waals surface area contributed by atoms with Crippen molar-refractivity contribution in [3.05, 3.63) is 33.3 Å². The predicted octanol–water partition coefficient (Wildman–Crippen LogP) is 4.02. The number of esters is 1. The number of benzene rings is 1. The molecule has 1 heterocycles. The monoisotopic (exact) mass is 415 g/mol. The summed E-state index contributed by atoms with van der Waals surface area (Å²) in [6, 6.07) is 0.749. The van der Waals surface area contributed by atoms with Crippen molar-refractivity contribution < 1.29 is 27.5 Å². The lowest BCUT2D eigenvalue weighted by Crippen LogP contribution is -2.43. The Morgan fingerprint density at radius 3 is 2.44 bits per heavy atom. The van der Waals surface area contributed by atoms with Crippen LogP contribution in [0.15, 0.2) is 12.1 Å². The lowest BCUT2D eigenvalue weighted by atomic mass is 10.1. The van der Waals surface area contributed by atoms with Crippen LogP contribution in [0.2, 0.25) is 10.0 Å². The van der Waals surface area contributed by atoms with Gasteiger partial charge in [-0.1, -0.05) is 23.2 Å². The van der Waals surface area contributed by atoms with Gasteiger partial charge in [-0.25, -0.2) is 4.79 Å². The molecule has 1 fully saturated rings. The smallest absolute Gasteiger partial charge is 0.416 e. The molecule has 0 spiro atoms. The van der Waals surface area contributed by atoms with E-state index in [4.69, 9.17) is 27.9 Å². The Morgan fingerprint density at radius 1 is 1.32 bits per heavy atom. The van der Waals surface area contributed by atoms with Gasteiger partial charge in [0.15, 0.2) is 0 Å². The van der Waals surface area contributed by atoms with Gasteiger partial charge in [-0.3, -0.25) is 4.79 Å². The molecule has 0 aliphatic carbocycles. The van der Waals surface area contributed by atoms with Crippen molar-refractivity contribution in [1.82, 2.24) is 4.90 Å². The molecule has 1 aromatic rings. The molecule has 1 unspecified atom stereocenters. The molecule has 4 nitrogen and oxygen atoms in total. The minimum Gasteiger partial charge on any atom is -0.464 e. The van der Waals surface area contributed by atoms with Crippen molar-refractivity contribution in [1.29, 1.82) is 0 Å². The number of hydrogen-bond acceptors (Lipinski definition) is 4. The predicted molar refractivity (Wildman–Crippen MR) is 89.8 cm³/mol.